The molecule has 0 unspecified atom stereocenters. The summed E-state index contributed by atoms with van der Waals surface area (Å²) in [6, 6.07) is 7.50. The minimum absolute atomic E-state index is 0.00341. The molecule has 0 aliphatic carbocycles. The van der Waals surface area contributed by atoms with Crippen LogP contribution in [0.5, 0.6) is 0 Å². The van der Waals surface area contributed by atoms with Gasteiger partial charge in [-0.05, 0) is 23.6 Å². The maximum atomic E-state index is 11.7. The summed E-state index contributed by atoms with van der Waals surface area (Å²) in [7, 11) is 0. The number of carbonyl (C=O) groups is 1. The van der Waals surface area contributed by atoms with Crippen LogP contribution in [0.2, 0.25) is 0 Å². The van der Waals surface area contributed by atoms with Crippen molar-refractivity contribution >= 4 is 17.2 Å². The lowest BCUT2D eigenvalue weighted by atomic mass is 10.3. The van der Waals surface area contributed by atoms with Gasteiger partial charge < -0.3 is 9.73 Å². The predicted molar refractivity (Wildman–Crippen MR) is 82.3 cm³/mol. The van der Waals surface area contributed by atoms with Crippen LogP contribution in [0.4, 0.5) is 0 Å². The molecule has 22 heavy (non-hydrogen) atoms. The molecule has 3 aromatic rings. The van der Waals surface area contributed by atoms with E-state index in [1.54, 1.807) is 35.9 Å². The average Bonchev–Trinajstić information content (AvgIpc) is 3.20. The summed E-state index contributed by atoms with van der Waals surface area (Å²) < 4.78 is 5.56. The van der Waals surface area contributed by atoms with E-state index < -0.39 is 0 Å². The number of nitrogens with zero attached hydrogens (tertiary/aromatic N) is 3. The minimum Gasteiger partial charge on any atom is -0.421 e. The first-order chi connectivity index (χ1) is 10.8. The highest BCUT2D eigenvalue weighted by Gasteiger charge is 2.09. The molecule has 0 saturated carbocycles. The molecule has 1 amide bonds. The Labute approximate surface area is 131 Å². The van der Waals surface area contributed by atoms with Crippen LogP contribution in [-0.4, -0.2) is 27.6 Å². The number of hydrogen-bond donors (Lipinski definition) is 1. The standard InChI is InChI=1S/C15H14N4O2S/c20-13(10-12-2-1-9-22-12)17-8-5-14-18-19-15(21-14)11-3-6-16-7-4-11/h1-4,6-7,9H,5,8,10H2,(H,17,20). The number of amides is 1. The fourth-order valence-electron chi connectivity index (χ4n) is 1.91. The molecule has 0 aliphatic heterocycles. The Morgan fingerprint density at radius 3 is 2.86 bits per heavy atom. The van der Waals surface area contributed by atoms with E-state index in [0.717, 1.165) is 10.4 Å². The zero-order valence-electron chi connectivity index (χ0n) is 11.7. The second kappa shape index (κ2) is 6.95. The third-order valence-corrected chi connectivity index (χ3v) is 3.85. The van der Waals surface area contributed by atoms with Gasteiger partial charge in [0.2, 0.25) is 17.7 Å². The molecule has 112 valence electrons. The summed E-state index contributed by atoms with van der Waals surface area (Å²) in [5.41, 5.74) is 0.829. The van der Waals surface area contributed by atoms with Crippen molar-refractivity contribution in [2.45, 2.75) is 12.8 Å². The van der Waals surface area contributed by atoms with Gasteiger partial charge in [-0.25, -0.2) is 0 Å². The molecule has 0 bridgehead atoms. The third kappa shape index (κ3) is 3.76. The molecule has 0 atom stereocenters. The molecule has 3 rings (SSSR count). The lowest BCUT2D eigenvalue weighted by molar-refractivity contribution is -0.120. The maximum Gasteiger partial charge on any atom is 0.247 e. The fourth-order valence-corrected chi connectivity index (χ4v) is 2.61. The van der Waals surface area contributed by atoms with Crippen molar-refractivity contribution in [3.63, 3.8) is 0 Å². The normalized spacial score (nSPS) is 10.5. The SMILES string of the molecule is O=C(Cc1cccs1)NCCc1nnc(-c2ccncc2)o1. The van der Waals surface area contributed by atoms with E-state index in [9.17, 15) is 4.79 Å². The molecule has 0 saturated heterocycles. The first-order valence-electron chi connectivity index (χ1n) is 6.83. The van der Waals surface area contributed by atoms with Crippen LogP contribution in [0.25, 0.3) is 11.5 Å². The second-order valence-corrected chi connectivity index (χ2v) is 5.63. The molecule has 0 aliphatic rings. The lowest BCUT2D eigenvalue weighted by Crippen LogP contribution is -2.27. The molecule has 3 heterocycles. The van der Waals surface area contributed by atoms with Crippen LogP contribution in [-0.2, 0) is 17.6 Å². The van der Waals surface area contributed by atoms with Crippen LogP contribution in [0.1, 0.15) is 10.8 Å². The first kappa shape index (κ1) is 14.4. The smallest absolute Gasteiger partial charge is 0.247 e. The zero-order valence-corrected chi connectivity index (χ0v) is 12.5. The highest BCUT2D eigenvalue weighted by molar-refractivity contribution is 7.10. The summed E-state index contributed by atoms with van der Waals surface area (Å²) in [5.74, 6) is 0.960. The Hall–Kier alpha value is -2.54. The molecular weight excluding hydrogens is 300 g/mol. The molecule has 0 fully saturated rings. The largest absolute Gasteiger partial charge is 0.421 e. The van der Waals surface area contributed by atoms with E-state index in [0.29, 0.717) is 31.2 Å². The van der Waals surface area contributed by atoms with Gasteiger partial charge in [0.25, 0.3) is 0 Å². The van der Waals surface area contributed by atoms with Crippen molar-refractivity contribution in [2.24, 2.45) is 0 Å². The Balaban J connectivity index is 1.48. The summed E-state index contributed by atoms with van der Waals surface area (Å²) in [6.07, 6.45) is 4.26. The number of hydrogen-bond acceptors (Lipinski definition) is 6. The molecule has 0 aromatic carbocycles. The van der Waals surface area contributed by atoms with Crippen molar-refractivity contribution in [2.75, 3.05) is 6.54 Å². The van der Waals surface area contributed by atoms with E-state index in [2.05, 4.69) is 20.5 Å². The molecule has 0 spiro atoms. The van der Waals surface area contributed by atoms with Gasteiger partial charge in [-0.15, -0.1) is 21.5 Å². The Bertz CT molecular complexity index is 725. The average molecular weight is 314 g/mol. The highest BCUT2D eigenvalue weighted by atomic mass is 32.1. The molecule has 0 radical (unpaired) electrons. The highest BCUT2D eigenvalue weighted by Crippen LogP contribution is 2.16. The van der Waals surface area contributed by atoms with E-state index in [4.69, 9.17) is 4.42 Å². The molecule has 3 aromatic heterocycles. The topological polar surface area (TPSA) is 80.9 Å². The number of rotatable bonds is 6. The van der Waals surface area contributed by atoms with Crippen LogP contribution < -0.4 is 5.32 Å². The van der Waals surface area contributed by atoms with Crippen LogP contribution in [0.3, 0.4) is 0 Å². The molecule has 6 nitrogen and oxygen atoms in total. The quantitative estimate of drug-likeness (QED) is 0.753. The maximum absolute atomic E-state index is 11.7. The number of thiophene rings is 1. The van der Waals surface area contributed by atoms with E-state index in [-0.39, 0.29) is 5.91 Å². The molecule has 7 heteroatoms. The number of aromatic nitrogens is 3. The van der Waals surface area contributed by atoms with Gasteiger partial charge in [0.15, 0.2) is 0 Å². The summed E-state index contributed by atoms with van der Waals surface area (Å²) in [5, 5.41) is 12.8. The van der Waals surface area contributed by atoms with E-state index >= 15 is 0 Å². The summed E-state index contributed by atoms with van der Waals surface area (Å²) in [4.78, 5) is 16.7. The van der Waals surface area contributed by atoms with Gasteiger partial charge in [0.1, 0.15) is 0 Å². The number of carbonyl (C=O) groups excluding carboxylic acids is 1. The van der Waals surface area contributed by atoms with Gasteiger partial charge in [-0.2, -0.15) is 0 Å². The van der Waals surface area contributed by atoms with Gasteiger partial charge in [0.05, 0.1) is 6.42 Å². The minimum atomic E-state index is -0.00341. The van der Waals surface area contributed by atoms with Crippen molar-refractivity contribution < 1.29 is 9.21 Å². The van der Waals surface area contributed by atoms with Gasteiger partial charge in [-0.3, -0.25) is 9.78 Å². The number of nitrogens with one attached hydrogen (secondary N) is 1. The monoisotopic (exact) mass is 314 g/mol. The van der Waals surface area contributed by atoms with Crippen molar-refractivity contribution in [3.8, 4) is 11.5 Å². The summed E-state index contributed by atoms with van der Waals surface area (Å²) in [6.45, 7) is 0.474. The van der Waals surface area contributed by atoms with Crippen LogP contribution >= 0.6 is 11.3 Å². The van der Waals surface area contributed by atoms with Crippen molar-refractivity contribution in [1.29, 1.82) is 0 Å². The predicted octanol–water partition coefficient (Wildman–Crippen LogP) is 2.09. The Morgan fingerprint density at radius 1 is 1.23 bits per heavy atom. The summed E-state index contributed by atoms with van der Waals surface area (Å²) >= 11 is 1.58. The van der Waals surface area contributed by atoms with Crippen molar-refractivity contribution in [3.05, 3.63) is 52.8 Å². The van der Waals surface area contributed by atoms with Gasteiger partial charge in [0, 0.05) is 35.8 Å². The van der Waals surface area contributed by atoms with Gasteiger partial charge in [-0.1, -0.05) is 6.07 Å². The Kier molecular flexibility index (Phi) is 4.55. The first-order valence-corrected chi connectivity index (χ1v) is 7.71. The van der Waals surface area contributed by atoms with Crippen LogP contribution in [0, 0.1) is 0 Å². The van der Waals surface area contributed by atoms with Gasteiger partial charge >= 0.3 is 0 Å². The second-order valence-electron chi connectivity index (χ2n) is 4.59. The third-order valence-electron chi connectivity index (χ3n) is 2.97. The van der Waals surface area contributed by atoms with Crippen molar-refractivity contribution in [1.82, 2.24) is 20.5 Å². The number of pyridine rings is 1. The molecular formula is C15H14N4O2S. The van der Waals surface area contributed by atoms with Crippen LogP contribution in [0.15, 0.2) is 46.5 Å². The molecule has 1 N–H and O–H groups in total. The Morgan fingerprint density at radius 2 is 2.09 bits per heavy atom. The zero-order chi connectivity index (χ0) is 15.2. The lowest BCUT2D eigenvalue weighted by Gasteiger charge is -2.01. The van der Waals surface area contributed by atoms with E-state index in [1.807, 2.05) is 17.5 Å². The fraction of sp³-hybridized carbons (Fsp3) is 0.200. The van der Waals surface area contributed by atoms with E-state index in [1.165, 1.54) is 0 Å².